The summed E-state index contributed by atoms with van der Waals surface area (Å²) in [6, 6.07) is 0. The molecular weight excluding hydrogens is 548 g/mol. The van der Waals surface area contributed by atoms with Crippen molar-refractivity contribution in [3.8, 4) is 0 Å². The third kappa shape index (κ3) is 4.61. The summed E-state index contributed by atoms with van der Waals surface area (Å²) in [5, 5.41) is 59.2. The molecule has 0 bridgehead atoms. The molecular formula is C24H30N6O11. The molecule has 4 aromatic heterocycles. The van der Waals surface area contributed by atoms with Crippen molar-refractivity contribution in [2.75, 3.05) is 24.7 Å². The van der Waals surface area contributed by atoms with Crippen molar-refractivity contribution in [3.05, 3.63) is 40.3 Å². The van der Waals surface area contributed by atoms with Crippen LogP contribution in [0.25, 0.3) is 22.2 Å². The van der Waals surface area contributed by atoms with Crippen LogP contribution in [-0.4, -0.2) is 99.4 Å². The van der Waals surface area contributed by atoms with Gasteiger partial charge in [-0.15, -0.1) is 0 Å². The van der Waals surface area contributed by atoms with E-state index in [9.17, 15) is 35.4 Å². The summed E-state index contributed by atoms with van der Waals surface area (Å²) in [7, 11) is 0. The number of hydrogen-bond donors (Lipinski definition) is 9. The molecule has 0 saturated carbocycles. The minimum Gasteiger partial charge on any atom is -0.458 e. The number of rotatable bonds is 4. The molecule has 2 aliphatic heterocycles. The number of nitrogens with one attached hydrogen (secondary N) is 1. The Kier molecular flexibility index (Phi) is 7.24. The number of anilines is 2. The van der Waals surface area contributed by atoms with Crippen LogP contribution in [0.4, 0.5) is 11.8 Å². The fraction of sp³-hybridized carbons (Fsp3) is 0.500. The van der Waals surface area contributed by atoms with Crippen LogP contribution in [0, 0.1) is 0 Å². The van der Waals surface area contributed by atoms with Crippen LogP contribution >= 0.6 is 0 Å². The number of aromatic amines is 1. The predicted octanol–water partition coefficient (Wildman–Crippen LogP) is -2.01. The monoisotopic (exact) mass is 578 g/mol. The Morgan fingerprint density at radius 2 is 1.39 bits per heavy atom. The highest BCUT2D eigenvalue weighted by Gasteiger charge is 2.54. The van der Waals surface area contributed by atoms with Gasteiger partial charge in [0.15, 0.2) is 11.4 Å². The molecule has 0 aliphatic carbocycles. The van der Waals surface area contributed by atoms with Crippen LogP contribution in [0.5, 0.6) is 0 Å². The second kappa shape index (κ2) is 10.3. The summed E-state index contributed by atoms with van der Waals surface area (Å²) in [5.41, 5.74) is 8.90. The van der Waals surface area contributed by atoms with Gasteiger partial charge < -0.3 is 60.4 Å². The van der Waals surface area contributed by atoms with Gasteiger partial charge in [-0.3, -0.25) is 9.78 Å². The van der Waals surface area contributed by atoms with Crippen molar-refractivity contribution in [2.45, 2.75) is 61.7 Å². The number of furan rings is 2. The summed E-state index contributed by atoms with van der Waals surface area (Å²) < 4.78 is 21.4. The first-order chi connectivity index (χ1) is 19.3. The minimum absolute atomic E-state index is 0.0551. The summed E-state index contributed by atoms with van der Waals surface area (Å²) in [6.45, 7) is 1.94. The van der Waals surface area contributed by atoms with Gasteiger partial charge in [0, 0.05) is 11.1 Å². The lowest BCUT2D eigenvalue weighted by Crippen LogP contribution is -2.42. The lowest BCUT2D eigenvalue weighted by Gasteiger charge is -2.25. The fourth-order valence-corrected chi connectivity index (χ4v) is 5.12. The SMILES string of the molecule is C[C@@]1(O)[C@H](O)[C@@H](CO)O[C@H]1c1coc2c(=O)[nH]c(N)nc12.C[C@@]1(O)[C@H](O)[C@@H](CO)O[C@H]1c1coc2c(N)ncnc12. The minimum atomic E-state index is -1.68. The molecule has 41 heavy (non-hydrogen) atoms. The maximum Gasteiger partial charge on any atom is 0.295 e. The standard InChI is InChI=1S/C12H15N3O6.C12H15N3O5/c1-12(19)8(17)5(2-16)21-9(12)4-3-20-7-6(4)14-11(13)15-10(7)18;1-12(18)9(17)6(2-16)20-10(12)5-3-19-8-7(5)14-4-15-11(8)13/h3,5,8-9,16-17,19H,2H2,1H3,(H3,13,14,15,18);3-4,6,9-10,16-18H,2H2,1H3,(H2,13,14,15)/t5-,8-,9+,12-;6-,9-,10+,12-/m11/s1. The number of hydrogen-bond acceptors (Lipinski definition) is 16. The number of aliphatic hydroxyl groups excluding tert-OH is 4. The Bertz CT molecular complexity index is 1610. The van der Waals surface area contributed by atoms with E-state index in [0.717, 1.165) is 0 Å². The number of nitrogens with zero attached hydrogens (tertiary/aromatic N) is 3. The second-order valence-corrected chi connectivity index (χ2v) is 10.3. The Morgan fingerprint density at radius 3 is 1.90 bits per heavy atom. The van der Waals surface area contributed by atoms with Gasteiger partial charge in [0.2, 0.25) is 11.5 Å². The Morgan fingerprint density at radius 1 is 0.878 bits per heavy atom. The first-order valence-electron chi connectivity index (χ1n) is 12.4. The largest absolute Gasteiger partial charge is 0.458 e. The maximum absolute atomic E-state index is 11.7. The lowest BCUT2D eigenvalue weighted by molar-refractivity contribution is -0.0644. The van der Waals surface area contributed by atoms with Crippen LogP contribution in [-0.2, 0) is 9.47 Å². The van der Waals surface area contributed by atoms with Gasteiger partial charge in [0.25, 0.3) is 5.56 Å². The van der Waals surface area contributed by atoms with Gasteiger partial charge in [-0.05, 0) is 13.8 Å². The van der Waals surface area contributed by atoms with E-state index in [4.69, 9.17) is 29.8 Å². The summed E-state index contributed by atoms with van der Waals surface area (Å²) >= 11 is 0. The highest BCUT2D eigenvalue weighted by molar-refractivity contribution is 5.85. The van der Waals surface area contributed by atoms with Crippen LogP contribution in [0.15, 0.2) is 32.5 Å². The molecule has 0 radical (unpaired) electrons. The number of fused-ring (bicyclic) bond motifs is 2. The number of ether oxygens (including phenoxy) is 2. The first-order valence-corrected chi connectivity index (χ1v) is 12.4. The Balaban J connectivity index is 0.000000165. The van der Waals surface area contributed by atoms with E-state index in [1.54, 1.807) is 0 Å². The number of H-pyrrole nitrogens is 1. The summed E-state index contributed by atoms with van der Waals surface area (Å²) in [6.07, 6.45) is -2.38. The van der Waals surface area contributed by atoms with Crippen molar-refractivity contribution >= 4 is 34.0 Å². The van der Waals surface area contributed by atoms with Gasteiger partial charge in [0.1, 0.15) is 65.2 Å². The average molecular weight is 579 g/mol. The van der Waals surface area contributed by atoms with Crippen LogP contribution < -0.4 is 17.0 Å². The Hall–Kier alpha value is -3.68. The number of nitrogen functional groups attached to an aromatic ring is 2. The van der Waals surface area contributed by atoms with Gasteiger partial charge >= 0.3 is 0 Å². The molecule has 17 nitrogen and oxygen atoms in total. The highest BCUT2D eigenvalue weighted by atomic mass is 16.6. The van der Waals surface area contributed by atoms with Crippen molar-refractivity contribution in [3.63, 3.8) is 0 Å². The molecule has 2 saturated heterocycles. The third-order valence-electron chi connectivity index (χ3n) is 7.39. The molecule has 6 rings (SSSR count). The zero-order chi connectivity index (χ0) is 29.9. The van der Waals surface area contributed by atoms with E-state index in [1.807, 2.05) is 0 Å². The Labute approximate surface area is 230 Å². The first kappa shape index (κ1) is 28.8. The predicted molar refractivity (Wildman–Crippen MR) is 138 cm³/mol. The van der Waals surface area contributed by atoms with E-state index in [0.29, 0.717) is 16.7 Å². The topological polar surface area (TPSA) is 290 Å². The molecule has 0 aromatic carbocycles. The fourth-order valence-electron chi connectivity index (χ4n) is 5.12. The molecule has 2 fully saturated rings. The molecule has 4 aromatic rings. The molecule has 8 atom stereocenters. The quantitative estimate of drug-likeness (QED) is 0.126. The van der Waals surface area contributed by atoms with Crippen molar-refractivity contribution in [2.24, 2.45) is 0 Å². The van der Waals surface area contributed by atoms with Crippen LogP contribution in [0.3, 0.4) is 0 Å². The normalized spacial score (nSPS) is 33.4. The maximum atomic E-state index is 11.7. The molecule has 0 spiro atoms. The number of nitrogens with two attached hydrogens (primary N) is 2. The van der Waals surface area contributed by atoms with E-state index >= 15 is 0 Å². The van der Waals surface area contributed by atoms with Gasteiger partial charge in [-0.1, -0.05) is 0 Å². The van der Waals surface area contributed by atoms with Crippen molar-refractivity contribution in [1.82, 2.24) is 19.9 Å². The molecule has 2 aliphatic rings. The molecule has 222 valence electrons. The average Bonchev–Trinajstić information content (AvgIpc) is 3.64. The van der Waals surface area contributed by atoms with Crippen molar-refractivity contribution < 1.29 is 48.9 Å². The zero-order valence-corrected chi connectivity index (χ0v) is 21.8. The molecule has 0 unspecified atom stereocenters. The van der Waals surface area contributed by atoms with Gasteiger partial charge in [-0.25, -0.2) is 15.0 Å². The lowest BCUT2D eigenvalue weighted by atomic mass is 9.89. The van der Waals surface area contributed by atoms with E-state index in [2.05, 4.69) is 19.9 Å². The highest BCUT2D eigenvalue weighted by Crippen LogP contribution is 2.45. The summed E-state index contributed by atoms with van der Waals surface area (Å²) in [4.78, 5) is 25.9. The number of aliphatic hydroxyl groups is 6. The van der Waals surface area contributed by atoms with Gasteiger partial charge in [-0.2, -0.15) is 0 Å². The molecule has 6 heterocycles. The van der Waals surface area contributed by atoms with Crippen LogP contribution in [0.2, 0.25) is 0 Å². The second-order valence-electron chi connectivity index (χ2n) is 10.3. The molecule has 0 amide bonds. The third-order valence-corrected chi connectivity index (χ3v) is 7.39. The van der Waals surface area contributed by atoms with E-state index in [1.165, 1.54) is 32.7 Å². The van der Waals surface area contributed by atoms with E-state index < -0.39 is 66.6 Å². The zero-order valence-electron chi connectivity index (χ0n) is 21.8. The molecule has 11 N–H and O–H groups in total. The van der Waals surface area contributed by atoms with Crippen molar-refractivity contribution in [1.29, 1.82) is 0 Å². The number of aromatic nitrogens is 4. The summed E-state index contributed by atoms with van der Waals surface area (Å²) in [5.74, 6) is 0.0743. The van der Waals surface area contributed by atoms with Crippen LogP contribution in [0.1, 0.15) is 37.2 Å². The van der Waals surface area contributed by atoms with E-state index in [-0.39, 0.29) is 28.4 Å². The smallest absolute Gasteiger partial charge is 0.295 e. The molecule has 17 heteroatoms. The van der Waals surface area contributed by atoms with Gasteiger partial charge in [0.05, 0.1) is 25.7 Å².